The van der Waals surface area contributed by atoms with E-state index in [1.54, 1.807) is 12.0 Å². The molecule has 5 nitrogen and oxygen atoms in total. The third-order valence-electron chi connectivity index (χ3n) is 4.76. The van der Waals surface area contributed by atoms with Crippen LogP contribution in [0.5, 0.6) is 5.75 Å². The number of hydrazine groups is 1. The van der Waals surface area contributed by atoms with Crippen molar-refractivity contribution in [3.63, 3.8) is 0 Å². The van der Waals surface area contributed by atoms with Crippen LogP contribution in [0.25, 0.3) is 0 Å². The maximum atomic E-state index is 12.9. The first-order valence-corrected chi connectivity index (χ1v) is 8.46. The van der Waals surface area contributed by atoms with Gasteiger partial charge >= 0.3 is 0 Å². The van der Waals surface area contributed by atoms with E-state index in [2.05, 4.69) is 17.6 Å². The summed E-state index contributed by atoms with van der Waals surface area (Å²) in [5.74, 6) is 0.926. The van der Waals surface area contributed by atoms with Gasteiger partial charge in [-0.15, -0.1) is 0 Å². The second-order valence-corrected chi connectivity index (χ2v) is 6.37. The molecule has 25 heavy (non-hydrogen) atoms. The lowest BCUT2D eigenvalue weighted by molar-refractivity contribution is -0.134. The molecular formula is C20H21N3O2. The second kappa shape index (κ2) is 6.61. The molecule has 1 amide bonds. The predicted molar refractivity (Wildman–Crippen MR) is 95.2 cm³/mol. The topological polar surface area (TPSA) is 44.8 Å². The van der Waals surface area contributed by atoms with Crippen LogP contribution in [0.2, 0.25) is 0 Å². The van der Waals surface area contributed by atoms with Gasteiger partial charge in [0.25, 0.3) is 5.91 Å². The van der Waals surface area contributed by atoms with Crippen LogP contribution in [-0.4, -0.2) is 29.0 Å². The van der Waals surface area contributed by atoms with Crippen molar-refractivity contribution < 1.29 is 9.53 Å². The van der Waals surface area contributed by atoms with Gasteiger partial charge in [-0.05, 0) is 29.7 Å². The van der Waals surface area contributed by atoms with Crippen molar-refractivity contribution in [1.29, 1.82) is 0 Å². The summed E-state index contributed by atoms with van der Waals surface area (Å²) in [5, 5.41) is 1.93. The molecule has 5 heteroatoms. The highest BCUT2D eigenvalue weighted by Crippen LogP contribution is 2.31. The van der Waals surface area contributed by atoms with Gasteiger partial charge in [-0.3, -0.25) is 4.79 Å². The fraction of sp³-hybridized carbons (Fsp3) is 0.250. The molecular weight excluding hydrogens is 314 g/mol. The highest BCUT2D eigenvalue weighted by atomic mass is 16.5. The SMILES string of the molecule is COc1cccc(CN2C=CN3NC(c4ccccc4)CC3C2=O)c1. The molecule has 0 radical (unpaired) electrons. The predicted octanol–water partition coefficient (Wildman–Crippen LogP) is 2.83. The number of methoxy groups -OCH3 is 1. The summed E-state index contributed by atoms with van der Waals surface area (Å²) in [4.78, 5) is 14.7. The number of ether oxygens (including phenoxy) is 1. The molecule has 2 heterocycles. The minimum Gasteiger partial charge on any atom is -0.497 e. The Morgan fingerprint density at radius 1 is 1.12 bits per heavy atom. The van der Waals surface area contributed by atoms with Gasteiger partial charge in [0.05, 0.1) is 19.7 Å². The molecule has 0 saturated carbocycles. The Hall–Kier alpha value is -2.79. The molecule has 2 aliphatic rings. The van der Waals surface area contributed by atoms with E-state index < -0.39 is 0 Å². The number of hydrogen-bond donors (Lipinski definition) is 1. The molecule has 0 aliphatic carbocycles. The maximum Gasteiger partial charge on any atom is 0.251 e. The second-order valence-electron chi connectivity index (χ2n) is 6.37. The Bertz CT molecular complexity index is 791. The highest BCUT2D eigenvalue weighted by molar-refractivity contribution is 5.84. The van der Waals surface area contributed by atoms with Crippen LogP contribution < -0.4 is 10.2 Å². The number of rotatable bonds is 4. The Kier molecular flexibility index (Phi) is 4.15. The van der Waals surface area contributed by atoms with Gasteiger partial charge in [-0.2, -0.15) is 0 Å². The maximum absolute atomic E-state index is 12.9. The molecule has 2 aromatic carbocycles. The Balaban J connectivity index is 1.48. The van der Waals surface area contributed by atoms with E-state index >= 15 is 0 Å². The normalized spacial score (nSPS) is 22.2. The summed E-state index contributed by atoms with van der Waals surface area (Å²) >= 11 is 0. The van der Waals surface area contributed by atoms with Gasteiger partial charge in [-0.25, -0.2) is 5.43 Å². The summed E-state index contributed by atoms with van der Waals surface area (Å²) in [5.41, 5.74) is 5.68. The third kappa shape index (κ3) is 3.10. The fourth-order valence-electron chi connectivity index (χ4n) is 3.44. The van der Waals surface area contributed by atoms with Crippen molar-refractivity contribution in [2.75, 3.05) is 7.11 Å². The van der Waals surface area contributed by atoms with Crippen molar-refractivity contribution >= 4 is 5.91 Å². The van der Waals surface area contributed by atoms with Crippen LogP contribution in [0, 0.1) is 0 Å². The van der Waals surface area contributed by atoms with E-state index in [0.717, 1.165) is 17.7 Å². The van der Waals surface area contributed by atoms with Gasteiger partial charge in [0.2, 0.25) is 0 Å². The average molecular weight is 335 g/mol. The lowest BCUT2D eigenvalue weighted by atomic mass is 10.0. The summed E-state index contributed by atoms with van der Waals surface area (Å²) in [6.45, 7) is 0.548. The number of nitrogens with zero attached hydrogens (tertiary/aromatic N) is 2. The first-order valence-electron chi connectivity index (χ1n) is 8.46. The lowest BCUT2D eigenvalue weighted by Gasteiger charge is -2.31. The fourth-order valence-corrected chi connectivity index (χ4v) is 3.44. The third-order valence-corrected chi connectivity index (χ3v) is 4.76. The molecule has 1 N–H and O–H groups in total. The lowest BCUT2D eigenvalue weighted by Crippen LogP contribution is -2.47. The van der Waals surface area contributed by atoms with E-state index in [9.17, 15) is 4.79 Å². The first-order chi connectivity index (χ1) is 12.2. The quantitative estimate of drug-likeness (QED) is 0.933. The van der Waals surface area contributed by atoms with Crippen molar-refractivity contribution in [2.24, 2.45) is 0 Å². The van der Waals surface area contributed by atoms with Crippen molar-refractivity contribution in [3.8, 4) is 5.75 Å². The molecule has 128 valence electrons. The van der Waals surface area contributed by atoms with Crippen LogP contribution in [-0.2, 0) is 11.3 Å². The molecule has 2 aromatic rings. The molecule has 1 saturated heterocycles. The van der Waals surface area contributed by atoms with E-state index in [1.165, 1.54) is 5.56 Å². The van der Waals surface area contributed by atoms with Gasteiger partial charge in [0.1, 0.15) is 11.8 Å². The number of carbonyl (C=O) groups is 1. The number of amides is 1. The van der Waals surface area contributed by atoms with Crippen molar-refractivity contribution in [1.82, 2.24) is 15.3 Å². The van der Waals surface area contributed by atoms with E-state index in [1.807, 2.05) is 59.9 Å². The minimum atomic E-state index is -0.166. The highest BCUT2D eigenvalue weighted by Gasteiger charge is 2.39. The molecule has 0 bridgehead atoms. The van der Waals surface area contributed by atoms with Crippen LogP contribution in [0.3, 0.4) is 0 Å². The molecule has 1 fully saturated rings. The van der Waals surface area contributed by atoms with Gasteiger partial charge in [-0.1, -0.05) is 42.5 Å². The zero-order chi connectivity index (χ0) is 17.2. The van der Waals surface area contributed by atoms with Crippen molar-refractivity contribution in [3.05, 3.63) is 78.1 Å². The number of hydrogen-bond acceptors (Lipinski definition) is 4. The molecule has 0 aromatic heterocycles. The number of fused-ring (bicyclic) bond motifs is 1. The Morgan fingerprint density at radius 3 is 2.76 bits per heavy atom. The Morgan fingerprint density at radius 2 is 1.96 bits per heavy atom. The minimum absolute atomic E-state index is 0.122. The van der Waals surface area contributed by atoms with Crippen LogP contribution in [0.15, 0.2) is 67.0 Å². The standard InChI is InChI=1S/C20H21N3O2/c1-25-17-9-5-6-15(12-17)14-22-10-11-23-19(20(22)24)13-18(21-23)16-7-3-2-4-8-16/h2-12,18-19,21H,13-14H2,1H3. The van der Waals surface area contributed by atoms with E-state index in [0.29, 0.717) is 6.54 Å². The summed E-state index contributed by atoms with van der Waals surface area (Å²) in [7, 11) is 1.65. The largest absolute Gasteiger partial charge is 0.497 e. The van der Waals surface area contributed by atoms with E-state index in [-0.39, 0.29) is 18.0 Å². The summed E-state index contributed by atoms with van der Waals surface area (Å²) in [6, 6.07) is 18.1. The molecule has 0 spiro atoms. The molecule has 2 unspecified atom stereocenters. The Labute approximate surface area is 147 Å². The average Bonchev–Trinajstić information content (AvgIpc) is 3.10. The summed E-state index contributed by atoms with van der Waals surface area (Å²) in [6.07, 6.45) is 4.57. The van der Waals surface area contributed by atoms with Gasteiger partial charge < -0.3 is 14.6 Å². The number of benzene rings is 2. The zero-order valence-corrected chi connectivity index (χ0v) is 14.1. The zero-order valence-electron chi connectivity index (χ0n) is 14.1. The number of nitrogens with one attached hydrogen (secondary N) is 1. The van der Waals surface area contributed by atoms with Crippen LogP contribution >= 0.6 is 0 Å². The van der Waals surface area contributed by atoms with Gasteiger partial charge in [0, 0.05) is 12.4 Å². The molecule has 4 rings (SSSR count). The van der Waals surface area contributed by atoms with E-state index in [4.69, 9.17) is 4.74 Å². The molecule has 2 atom stereocenters. The molecule has 2 aliphatic heterocycles. The smallest absolute Gasteiger partial charge is 0.251 e. The monoisotopic (exact) mass is 335 g/mol. The summed E-state index contributed by atoms with van der Waals surface area (Å²) < 4.78 is 5.26. The number of carbonyl (C=O) groups excluding carboxylic acids is 1. The first kappa shape index (κ1) is 15.7. The van der Waals surface area contributed by atoms with Crippen LogP contribution in [0.4, 0.5) is 0 Å². The van der Waals surface area contributed by atoms with Crippen molar-refractivity contribution in [2.45, 2.75) is 25.0 Å². The van der Waals surface area contributed by atoms with Crippen LogP contribution in [0.1, 0.15) is 23.6 Å². The van der Waals surface area contributed by atoms with Gasteiger partial charge in [0.15, 0.2) is 0 Å².